The monoisotopic (exact) mass is 542 g/mol. The summed E-state index contributed by atoms with van der Waals surface area (Å²) in [6.07, 6.45) is 7.50. The molecule has 1 heterocycles. The van der Waals surface area contributed by atoms with Crippen LogP contribution in [0.25, 0.3) is 10.6 Å². The summed E-state index contributed by atoms with van der Waals surface area (Å²) < 4.78 is 0.981. The summed E-state index contributed by atoms with van der Waals surface area (Å²) in [7, 11) is 0. The van der Waals surface area contributed by atoms with Gasteiger partial charge in [0.15, 0.2) is 0 Å². The summed E-state index contributed by atoms with van der Waals surface area (Å²) in [5, 5.41) is 15.2. The van der Waals surface area contributed by atoms with E-state index in [4.69, 9.17) is 0 Å². The zero-order chi connectivity index (χ0) is 24.2. The smallest absolute Gasteiger partial charge is 0.249 e. The second-order valence-corrected chi connectivity index (χ2v) is 10.1. The predicted molar refractivity (Wildman–Crippen MR) is 142 cm³/mol. The van der Waals surface area contributed by atoms with Crippen molar-refractivity contribution in [3.05, 3.63) is 64.6 Å². The van der Waals surface area contributed by atoms with Gasteiger partial charge in [-0.1, -0.05) is 109 Å². The third-order valence-electron chi connectivity index (χ3n) is 5.44. The normalized spacial score (nSPS) is 11.7. The number of rotatable bonds is 13. The molecule has 34 heavy (non-hydrogen) atoms. The van der Waals surface area contributed by atoms with Gasteiger partial charge in [-0.25, -0.2) is 0 Å². The Kier molecular flexibility index (Phi) is 10.7. The minimum atomic E-state index is -0.685. The number of nitrogens with one attached hydrogen (secondary N) is 2. The van der Waals surface area contributed by atoms with Crippen LogP contribution >= 0.6 is 27.3 Å². The lowest BCUT2D eigenvalue weighted by molar-refractivity contribution is -0.126. The Hall–Kier alpha value is -2.58. The van der Waals surface area contributed by atoms with Gasteiger partial charge in [-0.15, -0.1) is 10.2 Å². The molecule has 2 aromatic carbocycles. The Morgan fingerprint density at radius 1 is 0.941 bits per heavy atom. The predicted octanol–water partition coefficient (Wildman–Crippen LogP) is 6.38. The fourth-order valence-electron chi connectivity index (χ4n) is 3.57. The molecule has 0 aliphatic rings. The molecule has 0 radical (unpaired) electrons. The summed E-state index contributed by atoms with van der Waals surface area (Å²) >= 11 is 4.73. The number of anilines is 1. The van der Waals surface area contributed by atoms with Crippen LogP contribution in [0.2, 0.25) is 0 Å². The fraction of sp³-hybridized carbons (Fsp3) is 0.385. The number of carbonyl (C=O) groups excluding carboxylic acids is 2. The molecule has 1 unspecified atom stereocenters. The summed E-state index contributed by atoms with van der Waals surface area (Å²) in [6.45, 7) is 2.19. The first kappa shape index (κ1) is 26.0. The van der Waals surface area contributed by atoms with Crippen LogP contribution in [0, 0.1) is 0 Å². The first-order chi connectivity index (χ1) is 16.5. The number of carbonyl (C=O) groups is 2. The molecule has 1 atom stereocenters. The molecule has 6 nitrogen and oxygen atoms in total. The van der Waals surface area contributed by atoms with Crippen molar-refractivity contribution in [2.75, 3.05) is 5.32 Å². The van der Waals surface area contributed by atoms with Crippen molar-refractivity contribution in [2.45, 2.75) is 64.3 Å². The number of aromatic nitrogens is 2. The van der Waals surface area contributed by atoms with E-state index in [9.17, 15) is 9.59 Å². The van der Waals surface area contributed by atoms with E-state index >= 15 is 0 Å². The third kappa shape index (κ3) is 8.65. The van der Waals surface area contributed by atoms with E-state index in [0.717, 1.165) is 39.9 Å². The molecule has 0 aliphatic carbocycles. The standard InChI is InChI=1S/C26H31BrN4O2S/c1-2-3-4-5-6-10-13-23(32)28-22(18-19-11-8-7-9-12-19)24(33)29-26-31-30-25(34-26)20-14-16-21(27)17-15-20/h7-9,11-12,14-17,22H,2-6,10,13,18H2,1H3,(H,28,32)(H,29,31,33). The lowest BCUT2D eigenvalue weighted by Gasteiger charge is -2.18. The van der Waals surface area contributed by atoms with Crippen LogP contribution in [0.5, 0.6) is 0 Å². The second kappa shape index (κ2) is 14.0. The summed E-state index contributed by atoms with van der Waals surface area (Å²) in [5.74, 6) is -0.391. The highest BCUT2D eigenvalue weighted by molar-refractivity contribution is 9.10. The number of hydrogen-bond acceptors (Lipinski definition) is 5. The third-order valence-corrected chi connectivity index (χ3v) is 6.85. The van der Waals surface area contributed by atoms with Crippen LogP contribution in [-0.4, -0.2) is 28.1 Å². The molecular weight excluding hydrogens is 512 g/mol. The Labute approximate surface area is 213 Å². The van der Waals surface area contributed by atoms with Gasteiger partial charge >= 0.3 is 0 Å². The maximum absolute atomic E-state index is 13.1. The zero-order valence-corrected chi connectivity index (χ0v) is 21.8. The van der Waals surface area contributed by atoms with E-state index in [-0.39, 0.29) is 11.8 Å². The van der Waals surface area contributed by atoms with Gasteiger partial charge < -0.3 is 5.32 Å². The highest BCUT2D eigenvalue weighted by Gasteiger charge is 2.22. The molecule has 0 aliphatic heterocycles. The molecular formula is C26H31BrN4O2S. The molecule has 8 heteroatoms. The Bertz CT molecular complexity index is 1040. The maximum atomic E-state index is 13.1. The van der Waals surface area contributed by atoms with Crippen molar-refractivity contribution >= 4 is 44.2 Å². The van der Waals surface area contributed by atoms with Gasteiger partial charge in [0, 0.05) is 22.9 Å². The van der Waals surface area contributed by atoms with Crippen molar-refractivity contribution in [1.82, 2.24) is 15.5 Å². The molecule has 3 rings (SSSR count). The van der Waals surface area contributed by atoms with E-state index < -0.39 is 6.04 Å². The van der Waals surface area contributed by atoms with E-state index in [0.29, 0.717) is 18.0 Å². The number of benzene rings is 2. The van der Waals surface area contributed by atoms with Crippen molar-refractivity contribution in [1.29, 1.82) is 0 Å². The minimum absolute atomic E-state index is 0.0978. The lowest BCUT2D eigenvalue weighted by atomic mass is 10.0. The van der Waals surface area contributed by atoms with Crippen molar-refractivity contribution < 1.29 is 9.59 Å². The van der Waals surface area contributed by atoms with Gasteiger partial charge in [-0.2, -0.15) is 0 Å². The van der Waals surface area contributed by atoms with Crippen LogP contribution in [0.1, 0.15) is 57.4 Å². The summed E-state index contributed by atoms with van der Waals surface area (Å²) in [6, 6.07) is 16.8. The molecule has 0 fully saturated rings. The fourth-order valence-corrected chi connectivity index (χ4v) is 4.58. The minimum Gasteiger partial charge on any atom is -0.344 e. The zero-order valence-electron chi connectivity index (χ0n) is 19.4. The first-order valence-electron chi connectivity index (χ1n) is 11.8. The average Bonchev–Trinajstić information content (AvgIpc) is 3.30. The van der Waals surface area contributed by atoms with Crippen LogP contribution < -0.4 is 10.6 Å². The number of hydrogen-bond donors (Lipinski definition) is 2. The SMILES string of the molecule is CCCCCCCCC(=O)NC(Cc1ccccc1)C(=O)Nc1nnc(-c2ccc(Br)cc2)s1. The second-order valence-electron chi connectivity index (χ2n) is 8.24. The van der Waals surface area contributed by atoms with Gasteiger partial charge in [-0.3, -0.25) is 14.9 Å². The number of halogens is 1. The Morgan fingerprint density at radius 2 is 1.65 bits per heavy atom. The molecule has 0 saturated carbocycles. The molecule has 180 valence electrons. The summed E-state index contributed by atoms with van der Waals surface area (Å²) in [4.78, 5) is 25.7. The Morgan fingerprint density at radius 3 is 2.38 bits per heavy atom. The van der Waals surface area contributed by atoms with Gasteiger partial charge in [0.25, 0.3) is 0 Å². The lowest BCUT2D eigenvalue weighted by Crippen LogP contribution is -2.45. The summed E-state index contributed by atoms with van der Waals surface area (Å²) in [5.41, 5.74) is 1.91. The van der Waals surface area contributed by atoms with Crippen LogP contribution in [0.3, 0.4) is 0 Å². The van der Waals surface area contributed by atoms with Gasteiger partial charge in [-0.05, 0) is 24.1 Å². The number of amides is 2. The van der Waals surface area contributed by atoms with Crippen molar-refractivity contribution in [3.63, 3.8) is 0 Å². The quantitative estimate of drug-likeness (QED) is 0.245. The first-order valence-corrected chi connectivity index (χ1v) is 13.4. The molecule has 0 bridgehead atoms. The van der Waals surface area contributed by atoms with E-state index in [1.807, 2.05) is 54.6 Å². The highest BCUT2D eigenvalue weighted by atomic mass is 79.9. The highest BCUT2D eigenvalue weighted by Crippen LogP contribution is 2.27. The molecule has 2 amide bonds. The van der Waals surface area contributed by atoms with Gasteiger partial charge in [0.05, 0.1) is 0 Å². The molecule has 0 spiro atoms. The van der Waals surface area contributed by atoms with Crippen molar-refractivity contribution in [3.8, 4) is 10.6 Å². The molecule has 0 saturated heterocycles. The van der Waals surface area contributed by atoms with Crippen LogP contribution in [0.4, 0.5) is 5.13 Å². The van der Waals surface area contributed by atoms with Crippen LogP contribution in [-0.2, 0) is 16.0 Å². The van der Waals surface area contributed by atoms with Gasteiger partial charge in [0.1, 0.15) is 11.0 Å². The van der Waals surface area contributed by atoms with Crippen LogP contribution in [0.15, 0.2) is 59.1 Å². The molecule has 2 N–H and O–H groups in total. The number of nitrogens with zero attached hydrogens (tertiary/aromatic N) is 2. The average molecular weight is 544 g/mol. The van der Waals surface area contributed by atoms with E-state index in [1.165, 1.54) is 30.6 Å². The van der Waals surface area contributed by atoms with Gasteiger partial charge in [0.2, 0.25) is 16.9 Å². The topological polar surface area (TPSA) is 84.0 Å². The Balaban J connectivity index is 1.60. The largest absolute Gasteiger partial charge is 0.344 e. The number of unbranched alkanes of at least 4 members (excludes halogenated alkanes) is 5. The maximum Gasteiger partial charge on any atom is 0.249 e. The molecule has 3 aromatic rings. The van der Waals surface area contributed by atoms with E-state index in [2.05, 4.69) is 43.7 Å². The van der Waals surface area contributed by atoms with E-state index in [1.54, 1.807) is 0 Å². The molecule has 1 aromatic heterocycles. The van der Waals surface area contributed by atoms with Crippen molar-refractivity contribution in [2.24, 2.45) is 0 Å².